The Bertz CT molecular complexity index is 536. The van der Waals surface area contributed by atoms with Gasteiger partial charge in [-0.1, -0.05) is 0 Å². The summed E-state index contributed by atoms with van der Waals surface area (Å²) in [7, 11) is 0. The van der Waals surface area contributed by atoms with Crippen molar-refractivity contribution in [3.05, 3.63) is 46.3 Å². The van der Waals surface area contributed by atoms with Crippen LogP contribution in [0.1, 0.15) is 11.3 Å². The second-order valence-electron chi connectivity index (χ2n) is 3.97. The number of benzene rings is 1. The summed E-state index contributed by atoms with van der Waals surface area (Å²) >= 11 is 3.44. The predicted molar refractivity (Wildman–Crippen MR) is 69.4 cm³/mol. The van der Waals surface area contributed by atoms with Gasteiger partial charge in [0.1, 0.15) is 11.5 Å². The van der Waals surface area contributed by atoms with Crippen LogP contribution in [0.5, 0.6) is 5.75 Å². The van der Waals surface area contributed by atoms with Crippen LogP contribution in [0.25, 0.3) is 0 Å². The monoisotopic (exact) mass is 293 g/mol. The molecule has 17 heavy (non-hydrogen) atoms. The molecule has 0 bridgehead atoms. The smallest absolute Gasteiger partial charge is 0.136 e. The Morgan fingerprint density at radius 1 is 1.29 bits per heavy atom. The molecule has 3 rings (SSSR count). The van der Waals surface area contributed by atoms with Crippen LogP contribution >= 0.6 is 15.9 Å². The van der Waals surface area contributed by atoms with Crippen LogP contribution in [0.15, 0.2) is 39.4 Å². The van der Waals surface area contributed by atoms with E-state index in [1.165, 1.54) is 5.56 Å². The fraction of sp³-hybridized carbons (Fsp3) is 0.231. The van der Waals surface area contributed by atoms with Crippen molar-refractivity contribution in [1.82, 2.24) is 0 Å². The lowest BCUT2D eigenvalue weighted by atomic mass is 10.1. The van der Waals surface area contributed by atoms with E-state index in [9.17, 15) is 0 Å². The normalized spacial score (nSPS) is 13.2. The second kappa shape index (κ2) is 4.45. The van der Waals surface area contributed by atoms with E-state index < -0.39 is 0 Å². The zero-order valence-corrected chi connectivity index (χ0v) is 10.8. The lowest BCUT2D eigenvalue weighted by molar-refractivity contribution is 0.357. The van der Waals surface area contributed by atoms with Gasteiger partial charge in [0.15, 0.2) is 0 Å². The fourth-order valence-corrected chi connectivity index (χ4v) is 2.27. The van der Waals surface area contributed by atoms with Gasteiger partial charge in [0.05, 0.1) is 23.9 Å². The molecule has 0 atom stereocenters. The third-order valence-electron chi connectivity index (χ3n) is 2.83. The molecule has 4 heteroatoms. The predicted octanol–water partition coefficient (Wildman–Crippen LogP) is 3.59. The Morgan fingerprint density at radius 2 is 2.24 bits per heavy atom. The van der Waals surface area contributed by atoms with Crippen molar-refractivity contribution in [3.8, 4) is 5.75 Å². The van der Waals surface area contributed by atoms with Crippen LogP contribution in [0.2, 0.25) is 0 Å². The zero-order valence-electron chi connectivity index (χ0n) is 9.20. The maximum absolute atomic E-state index is 5.47. The van der Waals surface area contributed by atoms with Gasteiger partial charge in [-0.25, -0.2) is 0 Å². The molecule has 3 nitrogen and oxygen atoms in total. The summed E-state index contributed by atoms with van der Waals surface area (Å²) in [5.74, 6) is 1.91. The van der Waals surface area contributed by atoms with Crippen molar-refractivity contribution in [2.24, 2.45) is 0 Å². The molecule has 2 heterocycles. The number of anilines is 1. The number of hydrogen-bond donors (Lipinski definition) is 1. The molecule has 1 aliphatic heterocycles. The topological polar surface area (TPSA) is 34.4 Å². The summed E-state index contributed by atoms with van der Waals surface area (Å²) < 4.78 is 11.8. The van der Waals surface area contributed by atoms with E-state index in [0.717, 1.165) is 34.7 Å². The van der Waals surface area contributed by atoms with Gasteiger partial charge in [-0.15, -0.1) is 0 Å². The highest BCUT2D eigenvalue weighted by molar-refractivity contribution is 9.10. The Balaban J connectivity index is 1.72. The van der Waals surface area contributed by atoms with Gasteiger partial charge >= 0.3 is 0 Å². The highest BCUT2D eigenvalue weighted by Crippen LogP contribution is 2.28. The summed E-state index contributed by atoms with van der Waals surface area (Å²) in [6, 6.07) is 8.08. The molecular weight excluding hydrogens is 282 g/mol. The molecule has 0 unspecified atom stereocenters. The highest BCUT2D eigenvalue weighted by atomic mass is 79.9. The van der Waals surface area contributed by atoms with Crippen LogP contribution in [0.4, 0.5) is 5.69 Å². The lowest BCUT2D eigenvalue weighted by Gasteiger charge is -2.06. The van der Waals surface area contributed by atoms with Crippen molar-refractivity contribution in [2.75, 3.05) is 11.9 Å². The van der Waals surface area contributed by atoms with Crippen molar-refractivity contribution >= 4 is 21.6 Å². The molecule has 1 N–H and O–H groups in total. The van der Waals surface area contributed by atoms with Gasteiger partial charge in [-0.3, -0.25) is 0 Å². The largest absolute Gasteiger partial charge is 0.493 e. The molecule has 0 spiro atoms. The molecule has 2 aromatic rings. The number of furan rings is 1. The minimum absolute atomic E-state index is 0.674. The first kappa shape index (κ1) is 10.7. The second-order valence-corrected chi connectivity index (χ2v) is 4.82. The average molecular weight is 294 g/mol. The number of nitrogens with one attached hydrogen (secondary N) is 1. The van der Waals surface area contributed by atoms with Gasteiger partial charge in [0, 0.05) is 12.1 Å². The molecule has 1 aromatic carbocycles. The van der Waals surface area contributed by atoms with E-state index in [1.807, 2.05) is 18.2 Å². The molecule has 1 aliphatic rings. The standard InChI is InChI=1S/C13H12BrNO2/c14-11-4-6-17-13(11)8-15-10-1-2-12-9(7-10)3-5-16-12/h1-2,4,6-7,15H,3,5,8H2. The van der Waals surface area contributed by atoms with E-state index in [2.05, 4.69) is 27.3 Å². The molecule has 0 amide bonds. The highest BCUT2D eigenvalue weighted by Gasteiger charge is 2.12. The van der Waals surface area contributed by atoms with Gasteiger partial charge in [-0.2, -0.15) is 0 Å². The molecule has 0 fully saturated rings. The molecule has 0 aliphatic carbocycles. The van der Waals surface area contributed by atoms with Crippen molar-refractivity contribution in [2.45, 2.75) is 13.0 Å². The molecule has 0 saturated carbocycles. The Hall–Kier alpha value is -1.42. The molecule has 0 radical (unpaired) electrons. The Labute approximate surface area is 108 Å². The van der Waals surface area contributed by atoms with E-state index in [-0.39, 0.29) is 0 Å². The minimum Gasteiger partial charge on any atom is -0.493 e. The van der Waals surface area contributed by atoms with E-state index >= 15 is 0 Å². The lowest BCUT2D eigenvalue weighted by Crippen LogP contribution is -1.98. The van der Waals surface area contributed by atoms with Crippen molar-refractivity contribution in [1.29, 1.82) is 0 Å². The fourth-order valence-electron chi connectivity index (χ4n) is 1.93. The number of ether oxygens (including phenoxy) is 1. The van der Waals surface area contributed by atoms with Gasteiger partial charge in [-0.05, 0) is 45.8 Å². The first-order valence-corrected chi connectivity index (χ1v) is 6.34. The maximum atomic E-state index is 5.47. The van der Waals surface area contributed by atoms with Crippen LogP contribution in [-0.4, -0.2) is 6.61 Å². The summed E-state index contributed by atoms with van der Waals surface area (Å²) in [4.78, 5) is 0. The number of halogens is 1. The van der Waals surface area contributed by atoms with Crippen LogP contribution < -0.4 is 10.1 Å². The molecule has 0 saturated heterocycles. The molecular formula is C13H12BrNO2. The van der Waals surface area contributed by atoms with E-state index in [4.69, 9.17) is 9.15 Å². The van der Waals surface area contributed by atoms with Gasteiger partial charge in [0.25, 0.3) is 0 Å². The Morgan fingerprint density at radius 3 is 3.06 bits per heavy atom. The third-order valence-corrected chi connectivity index (χ3v) is 3.54. The van der Waals surface area contributed by atoms with Gasteiger partial charge in [0.2, 0.25) is 0 Å². The minimum atomic E-state index is 0.674. The SMILES string of the molecule is Brc1ccoc1CNc1ccc2c(c1)CCO2. The molecule has 1 aromatic heterocycles. The quantitative estimate of drug-likeness (QED) is 0.939. The number of hydrogen-bond acceptors (Lipinski definition) is 3. The summed E-state index contributed by atoms with van der Waals surface area (Å²) in [5.41, 5.74) is 2.37. The summed E-state index contributed by atoms with van der Waals surface area (Å²) in [5, 5.41) is 3.34. The van der Waals surface area contributed by atoms with Crippen molar-refractivity contribution in [3.63, 3.8) is 0 Å². The van der Waals surface area contributed by atoms with Crippen LogP contribution in [-0.2, 0) is 13.0 Å². The molecule has 88 valence electrons. The summed E-state index contributed by atoms with van der Waals surface area (Å²) in [6.45, 7) is 1.47. The first-order valence-electron chi connectivity index (χ1n) is 5.54. The van der Waals surface area contributed by atoms with E-state index in [1.54, 1.807) is 6.26 Å². The first-order chi connectivity index (χ1) is 8.33. The van der Waals surface area contributed by atoms with Gasteiger partial charge < -0.3 is 14.5 Å². The zero-order chi connectivity index (χ0) is 11.7. The Kier molecular flexibility index (Phi) is 2.81. The van der Waals surface area contributed by atoms with Crippen molar-refractivity contribution < 1.29 is 9.15 Å². The average Bonchev–Trinajstić information content (AvgIpc) is 2.94. The number of rotatable bonds is 3. The van der Waals surface area contributed by atoms with Crippen LogP contribution in [0, 0.1) is 0 Å². The summed E-state index contributed by atoms with van der Waals surface area (Å²) in [6.07, 6.45) is 2.67. The van der Waals surface area contributed by atoms with Crippen LogP contribution in [0.3, 0.4) is 0 Å². The number of fused-ring (bicyclic) bond motifs is 1. The van der Waals surface area contributed by atoms with E-state index in [0.29, 0.717) is 6.54 Å². The maximum Gasteiger partial charge on any atom is 0.136 e. The third kappa shape index (κ3) is 2.17.